The highest BCUT2D eigenvalue weighted by Crippen LogP contribution is 2.42. The molecule has 0 radical (unpaired) electrons. The third-order valence-electron chi connectivity index (χ3n) is 9.96. The topological polar surface area (TPSA) is 57.2 Å². The molecule has 2 aromatic heterocycles. The van der Waals surface area contributed by atoms with Crippen LogP contribution in [0, 0.1) is 11.6 Å². The molecule has 40 heavy (non-hydrogen) atoms. The van der Waals surface area contributed by atoms with Gasteiger partial charge in [0.1, 0.15) is 28.7 Å². The minimum Gasteiger partial charge on any atom is -0.353 e. The summed E-state index contributed by atoms with van der Waals surface area (Å²) in [5, 5.41) is 5.42. The van der Waals surface area contributed by atoms with Crippen LogP contribution >= 0.6 is 0 Å². The summed E-state index contributed by atoms with van der Waals surface area (Å²) in [7, 11) is 0. The van der Waals surface area contributed by atoms with Gasteiger partial charge in [-0.2, -0.15) is 0 Å². The highest BCUT2D eigenvalue weighted by Gasteiger charge is 2.43. The van der Waals surface area contributed by atoms with Gasteiger partial charge in [0, 0.05) is 54.3 Å². The van der Waals surface area contributed by atoms with Crippen LogP contribution in [0.25, 0.3) is 32.9 Å². The van der Waals surface area contributed by atoms with E-state index in [0.29, 0.717) is 34.2 Å². The van der Waals surface area contributed by atoms with Crippen LogP contribution in [0.3, 0.4) is 0 Å². The summed E-state index contributed by atoms with van der Waals surface area (Å²) < 4.78 is 31.5. The molecule has 0 spiro atoms. The number of fused-ring (bicyclic) bond motifs is 5. The van der Waals surface area contributed by atoms with Gasteiger partial charge in [-0.15, -0.1) is 0 Å². The second-order valence-electron chi connectivity index (χ2n) is 12.3. The summed E-state index contributed by atoms with van der Waals surface area (Å²) in [4.78, 5) is 19.5. The van der Waals surface area contributed by atoms with Gasteiger partial charge >= 0.3 is 0 Å². The fraction of sp³-hybridized carbons (Fsp3) is 0.469. The van der Waals surface area contributed by atoms with Crippen molar-refractivity contribution in [1.82, 2.24) is 25.2 Å². The molecule has 4 aliphatic rings. The Bertz CT molecular complexity index is 1600. The van der Waals surface area contributed by atoms with E-state index in [1.807, 2.05) is 18.2 Å². The third-order valence-corrected chi connectivity index (χ3v) is 9.96. The molecule has 4 saturated heterocycles. The van der Waals surface area contributed by atoms with Crippen LogP contribution in [0.15, 0.2) is 42.6 Å². The van der Waals surface area contributed by atoms with Gasteiger partial charge < -0.3 is 10.2 Å². The van der Waals surface area contributed by atoms with Crippen LogP contribution in [-0.4, -0.2) is 63.7 Å². The number of nitrogens with zero attached hydrogens (tertiary/aromatic N) is 5. The molecule has 0 unspecified atom stereocenters. The van der Waals surface area contributed by atoms with E-state index in [0.717, 1.165) is 50.0 Å². The minimum atomic E-state index is -0.502. The highest BCUT2D eigenvalue weighted by atomic mass is 19.1. The first kappa shape index (κ1) is 24.6. The van der Waals surface area contributed by atoms with Gasteiger partial charge in [-0.3, -0.25) is 9.88 Å². The van der Waals surface area contributed by atoms with Crippen LogP contribution in [-0.2, 0) is 6.42 Å². The average Bonchev–Trinajstić information content (AvgIpc) is 3.65. The van der Waals surface area contributed by atoms with Crippen LogP contribution in [0.4, 0.5) is 14.6 Å². The molecule has 2 atom stereocenters. The molecule has 0 aliphatic carbocycles. The second kappa shape index (κ2) is 9.42. The van der Waals surface area contributed by atoms with Crippen LogP contribution < -0.4 is 10.2 Å². The molecule has 4 fully saturated rings. The quantitative estimate of drug-likeness (QED) is 0.354. The molecule has 1 N–H and O–H groups in total. The minimum absolute atomic E-state index is 0.135. The zero-order valence-corrected chi connectivity index (χ0v) is 22.7. The molecule has 4 aromatic rings. The third kappa shape index (κ3) is 3.90. The lowest BCUT2D eigenvalue weighted by Gasteiger charge is -2.35. The number of anilines is 1. The first-order valence-corrected chi connectivity index (χ1v) is 14.9. The van der Waals surface area contributed by atoms with E-state index in [4.69, 9.17) is 9.97 Å². The molecule has 4 aliphatic heterocycles. The predicted octanol–water partition coefficient (Wildman–Crippen LogP) is 5.62. The summed E-state index contributed by atoms with van der Waals surface area (Å²) in [6, 6.07) is 11.2. The molecule has 8 rings (SSSR count). The van der Waals surface area contributed by atoms with Crippen molar-refractivity contribution >= 4 is 27.5 Å². The maximum atomic E-state index is 16.5. The fourth-order valence-corrected chi connectivity index (χ4v) is 8.07. The Balaban J connectivity index is 1.25. The molecule has 8 heteroatoms. The molecule has 0 saturated carbocycles. The van der Waals surface area contributed by atoms with E-state index in [2.05, 4.69) is 20.1 Å². The van der Waals surface area contributed by atoms with Crippen LogP contribution in [0.5, 0.6) is 0 Å². The van der Waals surface area contributed by atoms with E-state index in [1.54, 1.807) is 18.3 Å². The Morgan fingerprint density at radius 3 is 2.48 bits per heavy atom. The molecular weight excluding hydrogens is 506 g/mol. The van der Waals surface area contributed by atoms with Crippen molar-refractivity contribution in [2.24, 2.45) is 0 Å². The Morgan fingerprint density at radius 1 is 0.950 bits per heavy atom. The standard InChI is InChI=1S/C32H34F2N6/c33-25-8-2-6-20-5-1-7-23(27(20)25)29-28(34)30-24(17-35-29)31(39-18-21-9-10-22(19-39)36-21)38-26(37-30)11-14-32-12-3-15-40(32)16-4-13-32/h1-2,5-8,17,21-22,36H,3-4,9-16,18-19H2/t21-,22+. The molecule has 2 bridgehead atoms. The number of aryl methyl sites for hydroxylation is 1. The number of pyridine rings is 1. The largest absolute Gasteiger partial charge is 0.353 e. The van der Waals surface area contributed by atoms with Gasteiger partial charge in [-0.25, -0.2) is 18.7 Å². The Morgan fingerprint density at radius 2 is 1.70 bits per heavy atom. The van der Waals surface area contributed by atoms with Gasteiger partial charge in [0.15, 0.2) is 5.82 Å². The van der Waals surface area contributed by atoms with Gasteiger partial charge in [0.05, 0.1) is 5.39 Å². The highest BCUT2D eigenvalue weighted by molar-refractivity contribution is 5.99. The number of benzene rings is 2. The number of halogens is 2. The Hall–Kier alpha value is -3.23. The van der Waals surface area contributed by atoms with E-state index in [9.17, 15) is 4.39 Å². The van der Waals surface area contributed by atoms with Gasteiger partial charge in [0.2, 0.25) is 0 Å². The lowest BCUT2D eigenvalue weighted by atomic mass is 9.88. The fourth-order valence-electron chi connectivity index (χ4n) is 8.07. The smallest absolute Gasteiger partial charge is 0.175 e. The number of rotatable bonds is 5. The number of aromatic nitrogens is 3. The SMILES string of the molecule is Fc1c(-c2cccc3cccc(F)c23)ncc2c(N3C[C@H]4CC[C@@H](C3)N4)nc(CCC34CCCN3CCC4)nc12. The van der Waals surface area contributed by atoms with Crippen molar-refractivity contribution < 1.29 is 8.78 Å². The van der Waals surface area contributed by atoms with Crippen molar-refractivity contribution in [3.63, 3.8) is 0 Å². The van der Waals surface area contributed by atoms with E-state index in [1.165, 1.54) is 44.8 Å². The lowest BCUT2D eigenvalue weighted by molar-refractivity contribution is 0.182. The van der Waals surface area contributed by atoms with Crippen molar-refractivity contribution in [3.05, 3.63) is 60.1 Å². The van der Waals surface area contributed by atoms with Crippen molar-refractivity contribution in [1.29, 1.82) is 0 Å². The number of hydrogen-bond acceptors (Lipinski definition) is 6. The summed E-state index contributed by atoms with van der Waals surface area (Å²) >= 11 is 0. The normalized spacial score (nSPS) is 23.9. The number of hydrogen-bond donors (Lipinski definition) is 1. The van der Waals surface area contributed by atoms with Crippen LogP contribution in [0.1, 0.15) is 50.8 Å². The van der Waals surface area contributed by atoms with Crippen LogP contribution in [0.2, 0.25) is 0 Å². The predicted molar refractivity (Wildman–Crippen MR) is 153 cm³/mol. The monoisotopic (exact) mass is 540 g/mol. The molecule has 2 aromatic carbocycles. The molecule has 206 valence electrons. The van der Waals surface area contributed by atoms with Gasteiger partial charge in [-0.1, -0.05) is 30.3 Å². The first-order chi connectivity index (χ1) is 19.6. The van der Waals surface area contributed by atoms with E-state index < -0.39 is 5.82 Å². The van der Waals surface area contributed by atoms with E-state index >= 15 is 4.39 Å². The van der Waals surface area contributed by atoms with Crippen molar-refractivity contribution in [3.8, 4) is 11.3 Å². The molecular formula is C32H34F2N6. The second-order valence-corrected chi connectivity index (χ2v) is 12.3. The molecule has 0 amide bonds. The summed E-state index contributed by atoms with van der Waals surface area (Å²) in [5.41, 5.74) is 1.12. The number of nitrogens with one attached hydrogen (secondary N) is 1. The Labute approximate surface area is 232 Å². The maximum Gasteiger partial charge on any atom is 0.175 e. The zero-order valence-electron chi connectivity index (χ0n) is 22.7. The number of piperazine rings is 1. The summed E-state index contributed by atoms with van der Waals surface area (Å²) in [6.45, 7) is 4.05. The lowest BCUT2D eigenvalue weighted by Crippen LogP contribution is -2.51. The molecule has 6 nitrogen and oxygen atoms in total. The van der Waals surface area contributed by atoms with Crippen molar-refractivity contribution in [2.45, 2.75) is 69.0 Å². The van der Waals surface area contributed by atoms with Crippen molar-refractivity contribution in [2.75, 3.05) is 31.1 Å². The average molecular weight is 541 g/mol. The van der Waals surface area contributed by atoms with Gasteiger partial charge in [-0.05, 0) is 69.5 Å². The molecule has 6 heterocycles. The first-order valence-electron chi connectivity index (χ1n) is 14.9. The Kier molecular flexibility index (Phi) is 5.78. The summed E-state index contributed by atoms with van der Waals surface area (Å²) in [5.74, 6) is 0.596. The maximum absolute atomic E-state index is 16.5. The van der Waals surface area contributed by atoms with Gasteiger partial charge in [0.25, 0.3) is 0 Å². The zero-order chi connectivity index (χ0) is 26.8. The summed E-state index contributed by atoms with van der Waals surface area (Å²) in [6.07, 6.45) is 10.7. The van der Waals surface area contributed by atoms with E-state index in [-0.39, 0.29) is 22.6 Å².